The molecule has 0 atom stereocenters. The van der Waals surface area contributed by atoms with Gasteiger partial charge in [0.05, 0.1) is 28.6 Å². The minimum Gasteiger partial charge on any atom is -0.496 e. The van der Waals surface area contributed by atoms with Crippen LogP contribution in [0.1, 0.15) is 16.9 Å². The summed E-state index contributed by atoms with van der Waals surface area (Å²) in [6.07, 6.45) is 1.66. The summed E-state index contributed by atoms with van der Waals surface area (Å²) in [5.41, 5.74) is 3.94. The van der Waals surface area contributed by atoms with Crippen molar-refractivity contribution < 1.29 is 14.1 Å². The largest absolute Gasteiger partial charge is 0.496 e. The monoisotopic (exact) mass is 447 g/mol. The van der Waals surface area contributed by atoms with Crippen LogP contribution in [0.4, 0.5) is 5.69 Å². The van der Waals surface area contributed by atoms with Gasteiger partial charge < -0.3 is 9.15 Å². The van der Waals surface area contributed by atoms with Gasteiger partial charge >= 0.3 is 0 Å². The maximum Gasteiger partial charge on any atom is 0.275 e. The summed E-state index contributed by atoms with van der Waals surface area (Å²) in [6, 6.07) is 11.7. The van der Waals surface area contributed by atoms with Crippen LogP contribution in [-0.2, 0) is 0 Å². The van der Waals surface area contributed by atoms with Crippen molar-refractivity contribution in [2.75, 3.05) is 7.11 Å². The molecule has 8 nitrogen and oxygen atoms in total. The van der Waals surface area contributed by atoms with E-state index >= 15 is 0 Å². The number of fused-ring (bicyclic) bond motifs is 3. The zero-order chi connectivity index (χ0) is 22.6. The highest BCUT2D eigenvalue weighted by Gasteiger charge is 2.17. The number of methoxy groups -OCH3 is 1. The van der Waals surface area contributed by atoms with E-state index < -0.39 is 4.92 Å². The van der Waals surface area contributed by atoms with Crippen LogP contribution in [0.15, 0.2) is 51.7 Å². The van der Waals surface area contributed by atoms with Gasteiger partial charge in [-0.25, -0.2) is 9.38 Å². The number of thiazole rings is 1. The molecule has 0 bridgehead atoms. The summed E-state index contributed by atoms with van der Waals surface area (Å²) in [7, 11) is 1.49. The van der Waals surface area contributed by atoms with Crippen molar-refractivity contribution in [1.29, 1.82) is 0 Å². The van der Waals surface area contributed by atoms with Crippen LogP contribution >= 0.6 is 11.3 Å². The molecule has 9 heteroatoms. The van der Waals surface area contributed by atoms with Crippen LogP contribution in [0.2, 0.25) is 0 Å². The number of benzene rings is 2. The molecule has 0 N–H and O–H groups in total. The highest BCUT2D eigenvalue weighted by molar-refractivity contribution is 7.15. The van der Waals surface area contributed by atoms with E-state index in [4.69, 9.17) is 9.15 Å². The Morgan fingerprint density at radius 1 is 1.19 bits per heavy atom. The molecule has 0 unspecified atom stereocenters. The number of nitrogens with zero attached hydrogens (tertiary/aromatic N) is 3. The Hall–Kier alpha value is -3.98. The molecule has 0 radical (unpaired) electrons. The van der Waals surface area contributed by atoms with Crippen molar-refractivity contribution in [3.05, 3.63) is 84.4 Å². The number of nitro groups is 1. The molecular weight excluding hydrogens is 430 g/mol. The first-order valence-corrected chi connectivity index (χ1v) is 10.5. The molecule has 0 saturated carbocycles. The van der Waals surface area contributed by atoms with E-state index in [0.29, 0.717) is 32.3 Å². The second-order valence-corrected chi connectivity index (χ2v) is 8.45. The van der Waals surface area contributed by atoms with Gasteiger partial charge in [-0.05, 0) is 49.2 Å². The van der Waals surface area contributed by atoms with E-state index in [9.17, 15) is 14.9 Å². The number of nitro benzene ring substituents is 1. The maximum absolute atomic E-state index is 13.1. The zero-order valence-electron chi connectivity index (χ0n) is 17.4. The van der Waals surface area contributed by atoms with Gasteiger partial charge in [-0.15, -0.1) is 0 Å². The van der Waals surface area contributed by atoms with Crippen LogP contribution in [0.3, 0.4) is 0 Å². The van der Waals surface area contributed by atoms with E-state index in [2.05, 4.69) is 4.98 Å². The number of aromatic nitrogens is 2. The van der Waals surface area contributed by atoms with Gasteiger partial charge in [0, 0.05) is 18.2 Å². The van der Waals surface area contributed by atoms with E-state index in [-0.39, 0.29) is 11.2 Å². The number of aryl methyl sites for hydroxylation is 2. The lowest BCUT2D eigenvalue weighted by molar-refractivity contribution is -0.384. The van der Waals surface area contributed by atoms with Gasteiger partial charge in [0.15, 0.2) is 4.96 Å². The van der Waals surface area contributed by atoms with E-state index in [1.807, 2.05) is 26.0 Å². The first-order valence-electron chi connectivity index (χ1n) is 9.72. The molecule has 0 spiro atoms. The minimum absolute atomic E-state index is 0.0680. The van der Waals surface area contributed by atoms with Crippen LogP contribution in [0, 0.1) is 24.0 Å². The smallest absolute Gasteiger partial charge is 0.275 e. The van der Waals surface area contributed by atoms with Crippen molar-refractivity contribution in [3.8, 4) is 17.1 Å². The van der Waals surface area contributed by atoms with Crippen molar-refractivity contribution >= 4 is 39.1 Å². The molecule has 3 aromatic heterocycles. The fraction of sp³-hybridized carbons (Fsp3) is 0.130. The highest BCUT2D eigenvalue weighted by Crippen LogP contribution is 2.34. The lowest BCUT2D eigenvalue weighted by Gasteiger charge is -2.05. The Balaban J connectivity index is 1.62. The average Bonchev–Trinajstić information content (AvgIpc) is 3.44. The Bertz CT molecular complexity index is 1640. The summed E-state index contributed by atoms with van der Waals surface area (Å²) in [6.45, 7) is 3.97. The molecule has 0 aliphatic heterocycles. The molecular formula is C23H17N3O5S. The predicted molar refractivity (Wildman–Crippen MR) is 122 cm³/mol. The lowest BCUT2D eigenvalue weighted by Crippen LogP contribution is -2.22. The number of hydrogen-bond donors (Lipinski definition) is 0. The molecule has 0 aliphatic rings. The molecule has 0 amide bonds. The van der Waals surface area contributed by atoms with Crippen LogP contribution < -0.4 is 14.8 Å². The van der Waals surface area contributed by atoms with E-state index in [1.165, 1.54) is 36.6 Å². The Morgan fingerprint density at radius 2 is 2.00 bits per heavy atom. The summed E-state index contributed by atoms with van der Waals surface area (Å²) in [5.74, 6) is 1.31. The standard InChI is InChI=1S/C23H17N3O5S/c1-12-8-13(2)21-17(9-12)25-22(27)20(32-23(25)24-21)11-15-5-7-19(31-15)16-10-14(26(28)29)4-6-18(16)30-3/h4-11H,1-3H3/b20-11-. The molecule has 3 heterocycles. The second-order valence-electron chi connectivity index (χ2n) is 7.44. The molecule has 0 fully saturated rings. The number of non-ortho nitro benzene ring substituents is 1. The average molecular weight is 447 g/mol. The molecule has 160 valence electrons. The zero-order valence-corrected chi connectivity index (χ0v) is 18.2. The molecule has 5 rings (SSSR count). The number of hydrogen-bond acceptors (Lipinski definition) is 7. The van der Waals surface area contributed by atoms with Gasteiger partial charge in [0.25, 0.3) is 11.2 Å². The number of ether oxygens (including phenoxy) is 1. The predicted octanol–water partition coefficient (Wildman–Crippen LogP) is 4.25. The molecule has 2 aromatic carbocycles. The quantitative estimate of drug-likeness (QED) is 0.302. The van der Waals surface area contributed by atoms with Gasteiger partial charge in [0.1, 0.15) is 21.8 Å². The fourth-order valence-corrected chi connectivity index (χ4v) is 4.78. The normalized spacial score (nSPS) is 12.2. The Morgan fingerprint density at radius 3 is 2.75 bits per heavy atom. The summed E-state index contributed by atoms with van der Waals surface area (Å²) in [4.78, 5) is 29.0. The van der Waals surface area contributed by atoms with Crippen LogP contribution in [0.25, 0.3) is 33.4 Å². The highest BCUT2D eigenvalue weighted by atomic mass is 32.1. The van der Waals surface area contributed by atoms with Gasteiger partial charge in [0.2, 0.25) is 0 Å². The van der Waals surface area contributed by atoms with E-state index in [1.54, 1.807) is 22.6 Å². The van der Waals surface area contributed by atoms with Gasteiger partial charge in [-0.1, -0.05) is 17.4 Å². The summed E-state index contributed by atoms with van der Waals surface area (Å²) >= 11 is 1.29. The second kappa shape index (κ2) is 7.31. The van der Waals surface area contributed by atoms with Crippen molar-refractivity contribution in [2.24, 2.45) is 0 Å². The summed E-state index contributed by atoms with van der Waals surface area (Å²) < 4.78 is 13.3. The number of rotatable bonds is 4. The SMILES string of the molecule is COc1ccc([N+](=O)[O-])cc1-c1ccc(/C=c2\sc3nc4c(C)cc(C)cc4n3c2=O)o1. The minimum atomic E-state index is -0.474. The molecule has 5 aromatic rings. The summed E-state index contributed by atoms with van der Waals surface area (Å²) in [5, 5.41) is 11.1. The van der Waals surface area contributed by atoms with Crippen LogP contribution in [-0.4, -0.2) is 21.4 Å². The topological polar surface area (TPSA) is 99.9 Å². The molecule has 32 heavy (non-hydrogen) atoms. The van der Waals surface area contributed by atoms with Gasteiger partial charge in [-0.2, -0.15) is 0 Å². The molecule has 0 saturated heterocycles. The van der Waals surface area contributed by atoms with Crippen molar-refractivity contribution in [3.63, 3.8) is 0 Å². The first kappa shape index (κ1) is 20.0. The van der Waals surface area contributed by atoms with E-state index in [0.717, 1.165) is 22.2 Å². The third-order valence-electron chi connectivity index (χ3n) is 5.24. The van der Waals surface area contributed by atoms with Crippen LogP contribution in [0.5, 0.6) is 5.75 Å². The Labute approximate surface area is 185 Å². The Kier molecular flexibility index (Phi) is 4.56. The lowest BCUT2D eigenvalue weighted by atomic mass is 10.1. The van der Waals surface area contributed by atoms with Gasteiger partial charge in [-0.3, -0.25) is 14.9 Å². The first-order chi connectivity index (χ1) is 15.4. The molecule has 0 aliphatic carbocycles. The number of imidazole rings is 1. The van der Waals surface area contributed by atoms with Crippen molar-refractivity contribution in [1.82, 2.24) is 9.38 Å². The maximum atomic E-state index is 13.1. The van der Waals surface area contributed by atoms with Crippen molar-refractivity contribution in [2.45, 2.75) is 13.8 Å². The third kappa shape index (κ3) is 3.14. The fourth-order valence-electron chi connectivity index (χ4n) is 3.82. The number of furan rings is 1. The third-order valence-corrected chi connectivity index (χ3v) is 6.21.